The van der Waals surface area contributed by atoms with Crippen molar-refractivity contribution in [2.45, 2.75) is 46.1 Å². The summed E-state index contributed by atoms with van der Waals surface area (Å²) < 4.78 is 0. The summed E-state index contributed by atoms with van der Waals surface area (Å²) in [5.74, 6) is 1.03. The molecule has 1 N–H and O–H groups in total. The van der Waals surface area contributed by atoms with Gasteiger partial charge in [-0.1, -0.05) is 70.2 Å². The molecule has 0 aliphatic rings. The molecule has 24 heavy (non-hydrogen) atoms. The number of benzene rings is 2. The number of anilines is 1. The highest BCUT2D eigenvalue weighted by molar-refractivity contribution is 7.80. The van der Waals surface area contributed by atoms with Crippen molar-refractivity contribution in [1.29, 1.82) is 0 Å². The zero-order valence-electron chi connectivity index (χ0n) is 15.3. The van der Waals surface area contributed by atoms with Gasteiger partial charge in [-0.3, -0.25) is 0 Å². The fourth-order valence-electron chi connectivity index (χ4n) is 2.68. The highest BCUT2D eigenvalue weighted by Gasteiger charge is 2.10. The maximum Gasteiger partial charge on any atom is 0.173 e. The molecule has 0 fully saturated rings. The Morgan fingerprint density at radius 1 is 0.958 bits per heavy atom. The highest BCUT2D eigenvalue weighted by Crippen LogP contribution is 2.24. The predicted octanol–water partition coefficient (Wildman–Crippen LogP) is 5.76. The summed E-state index contributed by atoms with van der Waals surface area (Å²) in [5.41, 5.74) is 5.02. The minimum Gasteiger partial charge on any atom is -0.348 e. The minimum absolute atomic E-state index is 0.463. The van der Waals surface area contributed by atoms with Crippen LogP contribution in [-0.4, -0.2) is 17.1 Å². The lowest BCUT2D eigenvalue weighted by molar-refractivity contribution is 0.508. The van der Waals surface area contributed by atoms with Crippen LogP contribution in [0.3, 0.4) is 0 Å². The molecule has 0 bridgehead atoms. The standard InChI is InChI=1S/C21H28N2S/c1-15(2)18-12-10-17(11-13-18)14-23(5)21(24)22-20-9-7-6-8-19(20)16(3)4/h6-13,15-16H,14H2,1-5H3,(H,22,24). The first kappa shape index (κ1) is 18.5. The van der Waals surface area contributed by atoms with Crippen molar-refractivity contribution in [2.75, 3.05) is 12.4 Å². The second-order valence-corrected chi connectivity index (χ2v) is 7.31. The lowest BCUT2D eigenvalue weighted by Crippen LogP contribution is -2.31. The third kappa shape index (κ3) is 4.81. The zero-order valence-corrected chi connectivity index (χ0v) is 16.2. The van der Waals surface area contributed by atoms with Crippen molar-refractivity contribution >= 4 is 23.0 Å². The van der Waals surface area contributed by atoms with E-state index in [1.165, 1.54) is 16.7 Å². The Morgan fingerprint density at radius 2 is 1.58 bits per heavy atom. The van der Waals surface area contributed by atoms with Crippen molar-refractivity contribution in [2.24, 2.45) is 0 Å². The quantitative estimate of drug-likeness (QED) is 0.696. The molecule has 0 unspecified atom stereocenters. The number of hydrogen-bond donors (Lipinski definition) is 1. The maximum atomic E-state index is 5.59. The van der Waals surface area contributed by atoms with Crippen LogP contribution in [0.2, 0.25) is 0 Å². The van der Waals surface area contributed by atoms with Crippen LogP contribution < -0.4 is 5.32 Å². The molecule has 0 radical (unpaired) electrons. The molecular formula is C21H28N2S. The van der Waals surface area contributed by atoms with Crippen LogP contribution in [0.5, 0.6) is 0 Å². The molecule has 2 rings (SSSR count). The van der Waals surface area contributed by atoms with Gasteiger partial charge in [0.15, 0.2) is 5.11 Å². The van der Waals surface area contributed by atoms with Gasteiger partial charge in [0.05, 0.1) is 0 Å². The third-order valence-corrected chi connectivity index (χ3v) is 4.65. The molecule has 2 aromatic carbocycles. The van der Waals surface area contributed by atoms with Gasteiger partial charge in [-0.05, 0) is 46.8 Å². The Kier molecular flexibility index (Phi) is 6.38. The molecule has 2 nitrogen and oxygen atoms in total. The van der Waals surface area contributed by atoms with E-state index in [4.69, 9.17) is 12.2 Å². The number of nitrogens with zero attached hydrogens (tertiary/aromatic N) is 1. The molecule has 3 heteroatoms. The van der Waals surface area contributed by atoms with Gasteiger partial charge >= 0.3 is 0 Å². The first-order valence-corrected chi connectivity index (χ1v) is 8.99. The predicted molar refractivity (Wildman–Crippen MR) is 109 cm³/mol. The summed E-state index contributed by atoms with van der Waals surface area (Å²) in [4.78, 5) is 2.08. The van der Waals surface area contributed by atoms with E-state index in [9.17, 15) is 0 Å². The van der Waals surface area contributed by atoms with Crippen LogP contribution in [-0.2, 0) is 6.54 Å². The molecule has 2 aromatic rings. The topological polar surface area (TPSA) is 15.3 Å². The van der Waals surface area contributed by atoms with E-state index in [1.54, 1.807) is 0 Å². The van der Waals surface area contributed by atoms with E-state index in [2.05, 4.69) is 80.4 Å². The Bertz CT molecular complexity index is 674. The molecule has 0 aliphatic carbocycles. The first-order chi connectivity index (χ1) is 11.4. The molecule has 0 amide bonds. The number of para-hydroxylation sites is 1. The average Bonchev–Trinajstić information content (AvgIpc) is 2.55. The Hall–Kier alpha value is -1.87. The van der Waals surface area contributed by atoms with Crippen LogP contribution in [0, 0.1) is 0 Å². The Balaban J connectivity index is 2.02. The van der Waals surface area contributed by atoms with Gasteiger partial charge in [0, 0.05) is 19.3 Å². The van der Waals surface area contributed by atoms with Gasteiger partial charge in [-0.2, -0.15) is 0 Å². The lowest BCUT2D eigenvalue weighted by atomic mass is 10.0. The highest BCUT2D eigenvalue weighted by atomic mass is 32.1. The van der Waals surface area contributed by atoms with E-state index in [-0.39, 0.29) is 0 Å². The van der Waals surface area contributed by atoms with E-state index in [0.717, 1.165) is 17.3 Å². The molecule has 0 heterocycles. The molecule has 128 valence electrons. The lowest BCUT2D eigenvalue weighted by Gasteiger charge is -2.23. The first-order valence-electron chi connectivity index (χ1n) is 8.58. The summed E-state index contributed by atoms with van der Waals surface area (Å²) >= 11 is 5.59. The summed E-state index contributed by atoms with van der Waals surface area (Å²) in [5, 5.41) is 4.15. The van der Waals surface area contributed by atoms with Crippen molar-refractivity contribution in [1.82, 2.24) is 4.90 Å². The monoisotopic (exact) mass is 340 g/mol. The summed E-state index contributed by atoms with van der Waals surface area (Å²) in [7, 11) is 2.03. The molecule has 0 spiro atoms. The van der Waals surface area contributed by atoms with Gasteiger partial charge in [-0.25, -0.2) is 0 Å². The van der Waals surface area contributed by atoms with Crippen LogP contribution in [0.1, 0.15) is 56.2 Å². The van der Waals surface area contributed by atoms with Crippen LogP contribution in [0.4, 0.5) is 5.69 Å². The second kappa shape index (κ2) is 8.29. The third-order valence-electron chi connectivity index (χ3n) is 4.24. The van der Waals surface area contributed by atoms with Crippen molar-refractivity contribution in [3.05, 3.63) is 65.2 Å². The molecule has 0 atom stereocenters. The van der Waals surface area contributed by atoms with E-state index >= 15 is 0 Å². The van der Waals surface area contributed by atoms with Gasteiger partial charge in [0.2, 0.25) is 0 Å². The van der Waals surface area contributed by atoms with Crippen molar-refractivity contribution in [3.8, 4) is 0 Å². The maximum absolute atomic E-state index is 5.59. The SMILES string of the molecule is CC(C)c1ccc(CN(C)C(=S)Nc2ccccc2C(C)C)cc1. The zero-order chi connectivity index (χ0) is 17.7. The number of hydrogen-bond acceptors (Lipinski definition) is 1. The Morgan fingerprint density at radius 3 is 2.17 bits per heavy atom. The minimum atomic E-state index is 0.463. The average molecular weight is 341 g/mol. The second-order valence-electron chi connectivity index (χ2n) is 6.92. The largest absolute Gasteiger partial charge is 0.348 e. The number of rotatable bonds is 5. The molecular weight excluding hydrogens is 312 g/mol. The fourth-order valence-corrected chi connectivity index (χ4v) is 2.85. The summed E-state index contributed by atoms with van der Waals surface area (Å²) in [6, 6.07) is 17.2. The van der Waals surface area contributed by atoms with Gasteiger partial charge in [-0.15, -0.1) is 0 Å². The summed E-state index contributed by atoms with van der Waals surface area (Å²) in [6.45, 7) is 9.62. The normalized spacial score (nSPS) is 11.0. The van der Waals surface area contributed by atoms with Crippen LogP contribution >= 0.6 is 12.2 Å². The van der Waals surface area contributed by atoms with E-state index < -0.39 is 0 Å². The van der Waals surface area contributed by atoms with E-state index in [1.807, 2.05) is 13.1 Å². The number of nitrogens with one attached hydrogen (secondary N) is 1. The van der Waals surface area contributed by atoms with Crippen LogP contribution in [0.15, 0.2) is 48.5 Å². The van der Waals surface area contributed by atoms with E-state index in [0.29, 0.717) is 11.8 Å². The van der Waals surface area contributed by atoms with Crippen molar-refractivity contribution in [3.63, 3.8) is 0 Å². The molecule has 0 aliphatic heterocycles. The van der Waals surface area contributed by atoms with Gasteiger partial charge < -0.3 is 10.2 Å². The number of thiocarbonyl (C=S) groups is 1. The summed E-state index contributed by atoms with van der Waals surface area (Å²) in [6.07, 6.45) is 0. The van der Waals surface area contributed by atoms with Gasteiger partial charge in [0.1, 0.15) is 0 Å². The van der Waals surface area contributed by atoms with Gasteiger partial charge in [0.25, 0.3) is 0 Å². The fraction of sp³-hybridized carbons (Fsp3) is 0.381. The van der Waals surface area contributed by atoms with Crippen LogP contribution in [0.25, 0.3) is 0 Å². The Labute approximate surface area is 151 Å². The van der Waals surface area contributed by atoms with Crippen molar-refractivity contribution < 1.29 is 0 Å². The molecule has 0 aromatic heterocycles. The molecule has 0 saturated carbocycles. The molecule has 0 saturated heterocycles. The smallest absolute Gasteiger partial charge is 0.173 e.